The predicted octanol–water partition coefficient (Wildman–Crippen LogP) is 1.88. The lowest BCUT2D eigenvalue weighted by Gasteiger charge is -2.03. The van der Waals surface area contributed by atoms with Gasteiger partial charge < -0.3 is 15.0 Å². The van der Waals surface area contributed by atoms with E-state index in [2.05, 4.69) is 5.16 Å². The SMILES string of the molecule is Nc1cc(CCOc2ccccc2)no1. The molecule has 78 valence electrons. The molecule has 0 fully saturated rings. The minimum absolute atomic E-state index is 0.338. The minimum Gasteiger partial charge on any atom is -0.493 e. The largest absolute Gasteiger partial charge is 0.493 e. The van der Waals surface area contributed by atoms with Gasteiger partial charge in [0.15, 0.2) is 0 Å². The third-order valence-corrected chi connectivity index (χ3v) is 1.95. The predicted molar refractivity (Wildman–Crippen MR) is 56.6 cm³/mol. The normalized spacial score (nSPS) is 10.1. The Morgan fingerprint density at radius 2 is 2.07 bits per heavy atom. The van der Waals surface area contributed by atoms with Crippen LogP contribution >= 0.6 is 0 Å². The summed E-state index contributed by atoms with van der Waals surface area (Å²) in [5, 5.41) is 3.77. The number of para-hydroxylation sites is 1. The topological polar surface area (TPSA) is 61.3 Å². The fraction of sp³-hybridized carbons (Fsp3) is 0.182. The molecule has 15 heavy (non-hydrogen) atoms. The standard InChI is InChI=1S/C11H12N2O2/c12-11-8-9(13-15-11)6-7-14-10-4-2-1-3-5-10/h1-5,8H,6-7,12H2. The van der Waals surface area contributed by atoms with Crippen LogP contribution in [0.25, 0.3) is 0 Å². The van der Waals surface area contributed by atoms with Gasteiger partial charge in [0.05, 0.1) is 12.3 Å². The van der Waals surface area contributed by atoms with Gasteiger partial charge in [-0.05, 0) is 12.1 Å². The molecule has 0 radical (unpaired) electrons. The second-order valence-corrected chi connectivity index (χ2v) is 3.13. The summed E-state index contributed by atoms with van der Waals surface area (Å²) < 4.78 is 10.2. The van der Waals surface area contributed by atoms with Crippen molar-refractivity contribution in [2.45, 2.75) is 6.42 Å². The monoisotopic (exact) mass is 204 g/mol. The first-order chi connectivity index (χ1) is 7.34. The van der Waals surface area contributed by atoms with Crippen molar-refractivity contribution in [1.29, 1.82) is 0 Å². The molecule has 0 saturated heterocycles. The second kappa shape index (κ2) is 4.50. The van der Waals surface area contributed by atoms with Gasteiger partial charge >= 0.3 is 0 Å². The van der Waals surface area contributed by atoms with Gasteiger partial charge in [-0.2, -0.15) is 0 Å². The van der Waals surface area contributed by atoms with Crippen molar-refractivity contribution in [1.82, 2.24) is 5.16 Å². The lowest BCUT2D eigenvalue weighted by Crippen LogP contribution is -2.01. The van der Waals surface area contributed by atoms with Crippen molar-refractivity contribution < 1.29 is 9.26 Å². The Bertz CT molecular complexity index is 412. The van der Waals surface area contributed by atoms with Gasteiger partial charge in [0.1, 0.15) is 5.75 Å². The first-order valence-electron chi connectivity index (χ1n) is 4.73. The third kappa shape index (κ3) is 2.74. The molecular formula is C11H12N2O2. The number of nitrogens with zero attached hydrogens (tertiary/aromatic N) is 1. The number of hydrogen-bond donors (Lipinski definition) is 1. The van der Waals surface area contributed by atoms with E-state index in [1.165, 1.54) is 0 Å². The number of nitrogens with two attached hydrogens (primary N) is 1. The molecule has 0 saturated carbocycles. The molecule has 0 spiro atoms. The van der Waals surface area contributed by atoms with Gasteiger partial charge in [-0.15, -0.1) is 0 Å². The van der Waals surface area contributed by atoms with Crippen LogP contribution in [0.5, 0.6) is 5.75 Å². The van der Waals surface area contributed by atoms with Crippen LogP contribution < -0.4 is 10.5 Å². The summed E-state index contributed by atoms with van der Waals surface area (Å²) in [6, 6.07) is 11.3. The molecule has 1 heterocycles. The third-order valence-electron chi connectivity index (χ3n) is 1.95. The summed E-state index contributed by atoms with van der Waals surface area (Å²) in [6.07, 6.45) is 0.690. The molecule has 2 aromatic rings. The molecule has 2 N–H and O–H groups in total. The Morgan fingerprint density at radius 1 is 1.27 bits per heavy atom. The number of benzene rings is 1. The van der Waals surface area contributed by atoms with Crippen LogP contribution in [0, 0.1) is 0 Å². The summed E-state index contributed by atoms with van der Waals surface area (Å²) in [5.74, 6) is 1.19. The summed E-state index contributed by atoms with van der Waals surface area (Å²) >= 11 is 0. The Balaban J connectivity index is 1.80. The maximum absolute atomic E-state index is 5.50. The van der Waals surface area contributed by atoms with E-state index in [1.54, 1.807) is 6.07 Å². The van der Waals surface area contributed by atoms with Gasteiger partial charge in [0.2, 0.25) is 5.88 Å². The van der Waals surface area contributed by atoms with Crippen molar-refractivity contribution in [2.24, 2.45) is 0 Å². The van der Waals surface area contributed by atoms with Crippen LogP contribution in [0.2, 0.25) is 0 Å². The first kappa shape index (κ1) is 9.58. The highest BCUT2D eigenvalue weighted by Gasteiger charge is 2.00. The molecule has 2 rings (SSSR count). The Labute approximate surface area is 87.6 Å². The van der Waals surface area contributed by atoms with Crippen LogP contribution in [0.1, 0.15) is 5.69 Å². The fourth-order valence-electron chi connectivity index (χ4n) is 1.24. The van der Waals surface area contributed by atoms with E-state index in [1.807, 2.05) is 30.3 Å². The highest BCUT2D eigenvalue weighted by molar-refractivity contribution is 5.24. The maximum atomic E-state index is 5.50. The van der Waals surface area contributed by atoms with Crippen LogP contribution in [0.3, 0.4) is 0 Å². The van der Waals surface area contributed by atoms with E-state index >= 15 is 0 Å². The minimum atomic E-state index is 0.338. The van der Waals surface area contributed by atoms with Crippen LogP contribution in [-0.2, 0) is 6.42 Å². The van der Waals surface area contributed by atoms with Gasteiger partial charge in [0.25, 0.3) is 0 Å². The van der Waals surface area contributed by atoms with Crippen molar-refractivity contribution in [2.75, 3.05) is 12.3 Å². The Hall–Kier alpha value is -1.97. The van der Waals surface area contributed by atoms with E-state index < -0.39 is 0 Å². The first-order valence-corrected chi connectivity index (χ1v) is 4.73. The zero-order valence-corrected chi connectivity index (χ0v) is 8.22. The number of ether oxygens (including phenoxy) is 1. The summed E-state index contributed by atoms with van der Waals surface area (Å²) in [6.45, 7) is 0.565. The molecule has 0 amide bonds. The van der Waals surface area contributed by atoms with E-state index in [4.69, 9.17) is 15.0 Å². The van der Waals surface area contributed by atoms with Crippen molar-refractivity contribution in [3.63, 3.8) is 0 Å². The number of aromatic nitrogens is 1. The van der Waals surface area contributed by atoms with Crippen LogP contribution in [-0.4, -0.2) is 11.8 Å². The van der Waals surface area contributed by atoms with Gasteiger partial charge in [-0.1, -0.05) is 23.4 Å². The van der Waals surface area contributed by atoms with Crippen molar-refractivity contribution in [3.8, 4) is 5.75 Å². The maximum Gasteiger partial charge on any atom is 0.222 e. The van der Waals surface area contributed by atoms with E-state index in [0.717, 1.165) is 11.4 Å². The van der Waals surface area contributed by atoms with Gasteiger partial charge in [-0.3, -0.25) is 0 Å². The number of rotatable bonds is 4. The molecule has 1 aromatic heterocycles. The van der Waals surface area contributed by atoms with Crippen molar-refractivity contribution >= 4 is 5.88 Å². The number of anilines is 1. The average Bonchev–Trinajstić information content (AvgIpc) is 2.66. The molecule has 4 nitrogen and oxygen atoms in total. The average molecular weight is 204 g/mol. The zero-order chi connectivity index (χ0) is 10.5. The molecule has 0 unspecified atom stereocenters. The molecule has 0 aliphatic rings. The summed E-state index contributed by atoms with van der Waals surface area (Å²) in [5.41, 5.74) is 6.20. The summed E-state index contributed by atoms with van der Waals surface area (Å²) in [7, 11) is 0. The highest BCUT2D eigenvalue weighted by Crippen LogP contribution is 2.10. The Kier molecular flexibility index (Phi) is 2.88. The fourth-order valence-corrected chi connectivity index (χ4v) is 1.24. The van der Waals surface area contributed by atoms with E-state index in [0.29, 0.717) is 18.9 Å². The molecule has 0 aliphatic carbocycles. The highest BCUT2D eigenvalue weighted by atomic mass is 16.5. The number of nitrogen functional groups attached to an aromatic ring is 1. The molecule has 0 atom stereocenters. The Morgan fingerprint density at radius 3 is 2.73 bits per heavy atom. The molecule has 0 bridgehead atoms. The van der Waals surface area contributed by atoms with E-state index in [-0.39, 0.29) is 0 Å². The van der Waals surface area contributed by atoms with Crippen LogP contribution in [0.15, 0.2) is 40.9 Å². The van der Waals surface area contributed by atoms with Crippen molar-refractivity contribution in [3.05, 3.63) is 42.1 Å². The molecular weight excluding hydrogens is 192 g/mol. The van der Waals surface area contributed by atoms with Gasteiger partial charge in [0, 0.05) is 12.5 Å². The quantitative estimate of drug-likeness (QED) is 0.825. The smallest absolute Gasteiger partial charge is 0.222 e. The molecule has 1 aromatic carbocycles. The lowest BCUT2D eigenvalue weighted by molar-refractivity contribution is 0.316. The summed E-state index contributed by atoms with van der Waals surface area (Å²) in [4.78, 5) is 0. The zero-order valence-electron chi connectivity index (χ0n) is 8.22. The van der Waals surface area contributed by atoms with Gasteiger partial charge in [-0.25, -0.2) is 0 Å². The molecule has 4 heteroatoms. The number of hydrogen-bond acceptors (Lipinski definition) is 4. The lowest BCUT2D eigenvalue weighted by atomic mass is 10.3. The molecule has 0 aliphatic heterocycles. The van der Waals surface area contributed by atoms with Crippen LogP contribution in [0.4, 0.5) is 5.88 Å². The second-order valence-electron chi connectivity index (χ2n) is 3.13. The van der Waals surface area contributed by atoms with E-state index in [9.17, 15) is 0 Å².